The predicted octanol–water partition coefficient (Wildman–Crippen LogP) is 2.87. The third-order valence-corrected chi connectivity index (χ3v) is 4.27. The van der Waals surface area contributed by atoms with Crippen molar-refractivity contribution in [2.45, 2.75) is 32.7 Å². The maximum Gasteiger partial charge on any atom is 0.165 e. The summed E-state index contributed by atoms with van der Waals surface area (Å²) in [5.41, 5.74) is 2.20. The van der Waals surface area contributed by atoms with Crippen LogP contribution in [0.5, 0.6) is 17.2 Å². The fourth-order valence-corrected chi connectivity index (χ4v) is 2.85. The molecule has 1 atom stereocenters. The highest BCUT2D eigenvalue weighted by Crippen LogP contribution is 2.43. The third-order valence-electron chi connectivity index (χ3n) is 4.27. The molecule has 0 aromatic heterocycles. The molecule has 0 saturated carbocycles. The molecular formula is C18H25NO4. The third kappa shape index (κ3) is 3.44. The summed E-state index contributed by atoms with van der Waals surface area (Å²) in [4.78, 5) is 4.69. The Labute approximate surface area is 137 Å². The van der Waals surface area contributed by atoms with Crippen LogP contribution < -0.4 is 14.2 Å². The molecule has 0 unspecified atom stereocenters. The van der Waals surface area contributed by atoms with E-state index in [9.17, 15) is 0 Å². The molecule has 1 aromatic carbocycles. The molecule has 3 rings (SSSR count). The Hall–Kier alpha value is -1.75. The van der Waals surface area contributed by atoms with E-state index in [-0.39, 0.29) is 6.04 Å². The molecule has 0 fully saturated rings. The summed E-state index contributed by atoms with van der Waals surface area (Å²) in [6.45, 7) is 6.91. The summed E-state index contributed by atoms with van der Waals surface area (Å²) in [7, 11) is 1.70. The number of rotatable bonds is 6. The average Bonchev–Trinajstić information content (AvgIpc) is 2.92. The maximum atomic E-state index is 6.03. The van der Waals surface area contributed by atoms with E-state index in [0.29, 0.717) is 32.3 Å². The number of benzene rings is 1. The first-order chi connectivity index (χ1) is 11.2. The summed E-state index contributed by atoms with van der Waals surface area (Å²) in [5, 5.41) is 0. The van der Waals surface area contributed by atoms with Gasteiger partial charge in [-0.1, -0.05) is 13.8 Å². The molecule has 1 aromatic rings. The molecule has 23 heavy (non-hydrogen) atoms. The van der Waals surface area contributed by atoms with E-state index in [2.05, 4.69) is 13.8 Å². The van der Waals surface area contributed by atoms with Crippen LogP contribution in [0.15, 0.2) is 11.1 Å². The van der Waals surface area contributed by atoms with Crippen molar-refractivity contribution in [1.29, 1.82) is 0 Å². The highest BCUT2D eigenvalue weighted by molar-refractivity contribution is 5.88. The molecule has 0 radical (unpaired) electrons. The number of nitrogens with zero attached hydrogens (tertiary/aromatic N) is 1. The van der Waals surface area contributed by atoms with Crippen molar-refractivity contribution in [3.8, 4) is 17.2 Å². The standard InChI is InChI=1S/C18H25NO4/c1-12(2)15-11-23-16-9-17(21-7-4-6-20-3)18-13(5-8-22-18)14(16)10-19-15/h9-10,12,15H,4-8,11H2,1-3H3/t15-/m0/s1. The topological polar surface area (TPSA) is 49.3 Å². The van der Waals surface area contributed by atoms with Crippen molar-refractivity contribution < 1.29 is 18.9 Å². The van der Waals surface area contributed by atoms with Gasteiger partial charge in [0.25, 0.3) is 0 Å². The second-order valence-electron chi connectivity index (χ2n) is 6.29. The summed E-state index contributed by atoms with van der Waals surface area (Å²) < 4.78 is 22.8. The van der Waals surface area contributed by atoms with Gasteiger partial charge in [-0.2, -0.15) is 0 Å². The Morgan fingerprint density at radius 3 is 2.96 bits per heavy atom. The van der Waals surface area contributed by atoms with Crippen LogP contribution in [0.3, 0.4) is 0 Å². The number of fused-ring (bicyclic) bond motifs is 3. The van der Waals surface area contributed by atoms with Crippen LogP contribution in [0.4, 0.5) is 0 Å². The fraction of sp³-hybridized carbons (Fsp3) is 0.611. The van der Waals surface area contributed by atoms with Crippen LogP contribution >= 0.6 is 0 Å². The zero-order valence-electron chi connectivity index (χ0n) is 14.1. The van der Waals surface area contributed by atoms with Gasteiger partial charge < -0.3 is 18.9 Å². The molecule has 5 heteroatoms. The second-order valence-corrected chi connectivity index (χ2v) is 6.29. The Morgan fingerprint density at radius 2 is 2.17 bits per heavy atom. The van der Waals surface area contributed by atoms with Gasteiger partial charge >= 0.3 is 0 Å². The SMILES string of the molecule is COCCCOc1cc2c(c3c1OCC3)C=N[C@H](C(C)C)CO2. The second kappa shape index (κ2) is 7.21. The molecule has 2 aliphatic heterocycles. The van der Waals surface area contributed by atoms with Crippen LogP contribution in [0.1, 0.15) is 31.4 Å². The van der Waals surface area contributed by atoms with Gasteiger partial charge in [0.15, 0.2) is 11.5 Å². The minimum atomic E-state index is 0.187. The van der Waals surface area contributed by atoms with Crippen molar-refractivity contribution in [2.24, 2.45) is 10.9 Å². The summed E-state index contributed by atoms with van der Waals surface area (Å²) in [6, 6.07) is 2.13. The van der Waals surface area contributed by atoms with E-state index in [0.717, 1.165) is 41.2 Å². The molecular weight excluding hydrogens is 294 g/mol. The molecule has 126 valence electrons. The largest absolute Gasteiger partial charge is 0.491 e. The van der Waals surface area contributed by atoms with Gasteiger partial charge in [-0.05, 0) is 5.92 Å². The lowest BCUT2D eigenvalue weighted by molar-refractivity contribution is 0.170. The first-order valence-corrected chi connectivity index (χ1v) is 8.31. The molecule has 2 aliphatic rings. The van der Waals surface area contributed by atoms with Gasteiger partial charge in [0.2, 0.25) is 0 Å². The molecule has 2 heterocycles. The van der Waals surface area contributed by atoms with Gasteiger partial charge in [0.1, 0.15) is 12.4 Å². The van der Waals surface area contributed by atoms with Gasteiger partial charge in [-0.3, -0.25) is 4.99 Å². The van der Waals surface area contributed by atoms with E-state index in [4.69, 9.17) is 23.9 Å². The molecule has 0 aliphatic carbocycles. The van der Waals surface area contributed by atoms with E-state index in [1.54, 1.807) is 7.11 Å². The van der Waals surface area contributed by atoms with Crippen molar-refractivity contribution in [1.82, 2.24) is 0 Å². The fourth-order valence-electron chi connectivity index (χ4n) is 2.85. The normalized spacial score (nSPS) is 18.9. The van der Waals surface area contributed by atoms with Crippen LogP contribution in [-0.2, 0) is 11.2 Å². The van der Waals surface area contributed by atoms with E-state index in [1.165, 1.54) is 0 Å². The Balaban J connectivity index is 1.85. The monoisotopic (exact) mass is 319 g/mol. The quantitative estimate of drug-likeness (QED) is 0.757. The molecule has 0 spiro atoms. The van der Waals surface area contributed by atoms with Gasteiger partial charge in [-0.15, -0.1) is 0 Å². The lowest BCUT2D eigenvalue weighted by Crippen LogP contribution is -2.20. The molecule has 5 nitrogen and oxygen atoms in total. The number of aliphatic imine (C=N–C) groups is 1. The molecule has 0 N–H and O–H groups in total. The number of methoxy groups -OCH3 is 1. The highest BCUT2D eigenvalue weighted by atomic mass is 16.5. The molecule has 0 amide bonds. The summed E-state index contributed by atoms with van der Waals surface area (Å²) in [6.07, 6.45) is 3.67. The van der Waals surface area contributed by atoms with Crippen LogP contribution in [0, 0.1) is 5.92 Å². The highest BCUT2D eigenvalue weighted by Gasteiger charge is 2.27. The van der Waals surface area contributed by atoms with Gasteiger partial charge in [-0.25, -0.2) is 0 Å². The lowest BCUT2D eigenvalue weighted by atomic mass is 10.0. The Kier molecular flexibility index (Phi) is 5.06. The van der Waals surface area contributed by atoms with Gasteiger partial charge in [0.05, 0.1) is 19.3 Å². The van der Waals surface area contributed by atoms with Crippen molar-refractivity contribution >= 4 is 6.21 Å². The number of ether oxygens (including phenoxy) is 4. The maximum absolute atomic E-state index is 6.03. The first kappa shape index (κ1) is 16.1. The first-order valence-electron chi connectivity index (χ1n) is 8.31. The van der Waals surface area contributed by atoms with Crippen molar-refractivity contribution in [3.63, 3.8) is 0 Å². The van der Waals surface area contributed by atoms with E-state index >= 15 is 0 Å². The predicted molar refractivity (Wildman–Crippen MR) is 89.3 cm³/mol. The number of hydrogen-bond acceptors (Lipinski definition) is 5. The molecule has 0 bridgehead atoms. The average molecular weight is 319 g/mol. The Bertz CT molecular complexity index is 583. The smallest absolute Gasteiger partial charge is 0.165 e. The van der Waals surface area contributed by atoms with Crippen LogP contribution in [-0.4, -0.2) is 45.8 Å². The van der Waals surface area contributed by atoms with Crippen molar-refractivity contribution in [2.75, 3.05) is 33.5 Å². The minimum absolute atomic E-state index is 0.187. The molecule has 0 saturated heterocycles. The summed E-state index contributed by atoms with van der Waals surface area (Å²) >= 11 is 0. The zero-order chi connectivity index (χ0) is 16.2. The van der Waals surface area contributed by atoms with Crippen LogP contribution in [0.25, 0.3) is 0 Å². The van der Waals surface area contributed by atoms with Crippen molar-refractivity contribution in [3.05, 3.63) is 17.2 Å². The minimum Gasteiger partial charge on any atom is -0.491 e. The van der Waals surface area contributed by atoms with E-state index < -0.39 is 0 Å². The number of hydrogen-bond donors (Lipinski definition) is 0. The van der Waals surface area contributed by atoms with Gasteiger partial charge in [0, 0.05) is 50.0 Å². The van der Waals surface area contributed by atoms with E-state index in [1.807, 2.05) is 12.3 Å². The summed E-state index contributed by atoms with van der Waals surface area (Å²) in [5.74, 6) is 2.92. The zero-order valence-corrected chi connectivity index (χ0v) is 14.1. The van der Waals surface area contributed by atoms with Crippen LogP contribution in [0.2, 0.25) is 0 Å². The Morgan fingerprint density at radius 1 is 1.30 bits per heavy atom. The lowest BCUT2D eigenvalue weighted by Gasteiger charge is -2.16.